The Hall–Kier alpha value is -9.82. The Kier molecular flexibility index (Phi) is 30.1. The van der Waals surface area contributed by atoms with E-state index in [1.807, 2.05) is 12.1 Å². The number of carboxylic acid groups (broad SMARTS) is 1. The number of methoxy groups -OCH3 is 1. The van der Waals surface area contributed by atoms with Gasteiger partial charge in [0.05, 0.1) is 54.2 Å². The molecule has 0 aliphatic carbocycles. The first-order valence-electron chi connectivity index (χ1n) is 29.3. The fourth-order valence-electron chi connectivity index (χ4n) is 8.74. The quantitative estimate of drug-likeness (QED) is 0.0165. The zero-order valence-electron chi connectivity index (χ0n) is 52.4. The number of halogens is 1. The second-order valence-electron chi connectivity index (χ2n) is 21.6. The van der Waals surface area contributed by atoms with Gasteiger partial charge in [0.25, 0.3) is 23.6 Å². The van der Waals surface area contributed by atoms with E-state index in [4.69, 9.17) is 24.7 Å². The summed E-state index contributed by atoms with van der Waals surface area (Å²) in [6, 6.07) is 24.5. The molecule has 0 aliphatic rings. The number of nitrogens with zero attached hydrogens (tertiary/aromatic N) is 4. The molecule has 0 radical (unpaired) electrons. The van der Waals surface area contributed by atoms with Crippen molar-refractivity contribution in [3.05, 3.63) is 153 Å². The Labute approximate surface area is 535 Å². The zero-order valence-corrected chi connectivity index (χ0v) is 53.2. The number of rotatable bonds is 31. The lowest BCUT2D eigenvalue weighted by Crippen LogP contribution is -2.49. The lowest BCUT2D eigenvalue weighted by molar-refractivity contribution is -0.142. The summed E-state index contributed by atoms with van der Waals surface area (Å²) in [7, 11) is 1.19. The highest BCUT2D eigenvalue weighted by molar-refractivity contribution is 6.00. The van der Waals surface area contributed by atoms with E-state index in [2.05, 4.69) is 57.2 Å². The van der Waals surface area contributed by atoms with Gasteiger partial charge in [-0.15, -0.1) is 12.4 Å². The van der Waals surface area contributed by atoms with Crippen molar-refractivity contribution in [1.29, 1.82) is 0 Å². The fourth-order valence-corrected chi connectivity index (χ4v) is 8.74. The Bertz CT molecular complexity index is 3380. The number of aliphatic carboxylic acids is 1. The van der Waals surface area contributed by atoms with Crippen molar-refractivity contribution in [2.45, 2.75) is 105 Å². The van der Waals surface area contributed by atoms with Gasteiger partial charge in [0.1, 0.15) is 40.7 Å². The molecule has 0 saturated heterocycles. The van der Waals surface area contributed by atoms with Crippen LogP contribution in [0, 0.1) is 27.7 Å². The number of hydrogen-bond donors (Lipinski definition) is 11. The molecule has 2 heterocycles. The van der Waals surface area contributed by atoms with Gasteiger partial charge in [0.15, 0.2) is 0 Å². The monoisotopic (exact) mass is 1280 g/mol. The largest absolute Gasteiger partial charge is 0.508 e. The molecular formula is C64H83ClN12O14. The molecule has 490 valence electrons. The molecule has 0 bridgehead atoms. The van der Waals surface area contributed by atoms with Gasteiger partial charge < -0.3 is 77.2 Å². The number of carbonyl (C=O) groups excluding carboxylic acids is 6. The van der Waals surface area contributed by atoms with Gasteiger partial charge in [-0.2, -0.15) is 0 Å². The number of phenols is 2. The van der Waals surface area contributed by atoms with Gasteiger partial charge in [-0.25, -0.2) is 34.3 Å². The second-order valence-corrected chi connectivity index (χ2v) is 21.6. The van der Waals surface area contributed by atoms with Crippen LogP contribution < -0.4 is 52.4 Å². The molecule has 0 spiro atoms. The number of phenolic OH excluding ortho intramolecular Hbond substituents is 2. The third-order valence-corrected chi connectivity index (χ3v) is 13.1. The maximum atomic E-state index is 13.3. The normalized spacial score (nSPS) is 11.4. The number of carbonyl (C=O) groups is 7. The van der Waals surface area contributed by atoms with E-state index < -0.39 is 59.3 Å². The first-order chi connectivity index (χ1) is 42.9. The number of benzene rings is 4. The number of aromatic hydroxyl groups is 2. The summed E-state index contributed by atoms with van der Waals surface area (Å²) in [4.78, 5) is 106. The molecule has 6 rings (SSSR count). The number of alkyl carbamates (subject to hydrolysis) is 1. The summed E-state index contributed by atoms with van der Waals surface area (Å²) in [5.74, 6) is -2.20. The van der Waals surface area contributed by atoms with Crippen LogP contribution in [0.3, 0.4) is 0 Å². The highest BCUT2D eigenvalue weighted by Gasteiger charge is 2.28. The average Bonchev–Trinajstić information content (AvgIpc) is 0.933. The summed E-state index contributed by atoms with van der Waals surface area (Å²) in [5.41, 5.74) is 9.42. The van der Waals surface area contributed by atoms with Crippen LogP contribution in [-0.2, 0) is 31.9 Å². The molecule has 4 aromatic carbocycles. The number of aryl methyl sites for hydroxylation is 6. The van der Waals surface area contributed by atoms with Crippen molar-refractivity contribution in [2.24, 2.45) is 5.73 Å². The molecule has 27 heteroatoms. The molecule has 5 amide bonds. The highest BCUT2D eigenvalue weighted by atomic mass is 35.5. The molecule has 91 heavy (non-hydrogen) atoms. The van der Waals surface area contributed by atoms with Gasteiger partial charge >= 0.3 is 18.0 Å². The van der Waals surface area contributed by atoms with Gasteiger partial charge in [0.2, 0.25) is 11.9 Å². The van der Waals surface area contributed by atoms with E-state index in [0.717, 1.165) is 36.8 Å². The van der Waals surface area contributed by atoms with Crippen LogP contribution in [0.2, 0.25) is 0 Å². The number of esters is 1. The molecule has 2 aromatic heterocycles. The van der Waals surface area contributed by atoms with Crippen LogP contribution in [-0.4, -0.2) is 154 Å². The van der Waals surface area contributed by atoms with E-state index in [1.54, 1.807) is 133 Å². The predicted molar refractivity (Wildman–Crippen MR) is 343 cm³/mol. The van der Waals surface area contributed by atoms with E-state index in [9.17, 15) is 48.9 Å². The Balaban J connectivity index is 0.000000390. The van der Waals surface area contributed by atoms with Crippen molar-refractivity contribution in [2.75, 3.05) is 70.2 Å². The summed E-state index contributed by atoms with van der Waals surface area (Å²) >= 11 is 0. The molecule has 2 atom stereocenters. The van der Waals surface area contributed by atoms with Crippen molar-refractivity contribution in [3.63, 3.8) is 0 Å². The molecule has 12 N–H and O–H groups in total. The zero-order chi connectivity index (χ0) is 65.8. The number of nitrogens with two attached hydrogens (primary N) is 1. The van der Waals surface area contributed by atoms with Crippen molar-refractivity contribution in [3.8, 4) is 23.0 Å². The summed E-state index contributed by atoms with van der Waals surface area (Å²) in [6.45, 7) is 14.1. The number of hydrogen-bond acceptors (Lipinski definition) is 20. The Morgan fingerprint density at radius 3 is 1.40 bits per heavy atom. The second kappa shape index (κ2) is 37.2. The van der Waals surface area contributed by atoms with Crippen LogP contribution in [0.5, 0.6) is 23.0 Å². The minimum Gasteiger partial charge on any atom is -0.508 e. The Morgan fingerprint density at radius 2 is 0.978 bits per heavy atom. The van der Waals surface area contributed by atoms with Gasteiger partial charge in [-0.3, -0.25) is 19.2 Å². The number of aromatic nitrogens is 4. The minimum atomic E-state index is -1.38. The highest BCUT2D eigenvalue weighted by Crippen LogP contribution is 2.20. The number of ether oxygens (including phenoxy) is 4. The summed E-state index contributed by atoms with van der Waals surface area (Å²) in [5, 5.41) is 48.1. The van der Waals surface area contributed by atoms with Crippen LogP contribution in [0.1, 0.15) is 122 Å². The molecule has 0 saturated carbocycles. The molecule has 6 aromatic rings. The van der Waals surface area contributed by atoms with Gasteiger partial charge in [-0.1, -0.05) is 36.4 Å². The SMILES string of the molecule is COC(=O)[C@H](CNC(=O)c1cccc(OCCCNC(=O)OC(C)(C)C)c1)NC(=O)c1c(C)nc(NCCCc2cccc(O)c2)nc1C.Cc1nc(NCCCc2cccc(O)c2)nc(C)c1C(=O)N[C@@H](CNC(=O)c1cccc(OCCCN)c1)C(=O)O.Cl. The first-order valence-corrected chi connectivity index (χ1v) is 29.3. The maximum Gasteiger partial charge on any atom is 0.407 e. The lowest BCUT2D eigenvalue weighted by Gasteiger charge is -2.19. The number of nitrogens with one attached hydrogen (secondary N) is 7. The Morgan fingerprint density at radius 1 is 0.549 bits per heavy atom. The van der Waals surface area contributed by atoms with E-state index in [0.29, 0.717) is 91.8 Å². The van der Waals surface area contributed by atoms with Crippen molar-refractivity contribution < 1.29 is 67.8 Å². The topological polar surface area (TPSA) is 379 Å². The van der Waals surface area contributed by atoms with Crippen molar-refractivity contribution in [1.82, 2.24) is 46.5 Å². The third kappa shape index (κ3) is 25.7. The van der Waals surface area contributed by atoms with E-state index in [-0.39, 0.29) is 65.9 Å². The molecule has 0 aliphatic heterocycles. The average molecular weight is 1280 g/mol. The van der Waals surface area contributed by atoms with Crippen LogP contribution in [0.4, 0.5) is 16.7 Å². The smallest absolute Gasteiger partial charge is 0.407 e. The lowest BCUT2D eigenvalue weighted by atomic mass is 10.1. The van der Waals surface area contributed by atoms with Gasteiger partial charge in [-0.05, 0) is 165 Å². The van der Waals surface area contributed by atoms with Crippen LogP contribution in [0.25, 0.3) is 0 Å². The molecule has 0 fully saturated rings. The summed E-state index contributed by atoms with van der Waals surface area (Å²) < 4.78 is 21.3. The van der Waals surface area contributed by atoms with E-state index >= 15 is 0 Å². The van der Waals surface area contributed by atoms with Gasteiger partial charge in [0, 0.05) is 43.9 Å². The summed E-state index contributed by atoms with van der Waals surface area (Å²) in [6.07, 6.45) is 3.72. The molecule has 26 nitrogen and oxygen atoms in total. The standard InChI is InChI=1S/C35H46N6O8.C29H36N6O6.ClH/c1-22-29(23(2)40-33(39-22)36-16-9-12-24-11-7-14-26(42)19-24)31(44)41-28(32(45)47-6)21-38-30(43)25-13-8-15-27(20-25)48-18-10-17-37-34(46)49-35(3,4)5;1-18-25(19(2)34-29(33-18)31-13-5-8-20-7-3-10-22(36)15-20)27(38)35-24(28(39)40)17-32-26(37)21-9-4-11-23(16-21)41-14-6-12-30;/h7-8,11,13-15,19-20,28,42H,9-10,12,16-18,21H2,1-6H3,(H,37,46)(H,38,43)(H,41,44)(H,36,39,40);3-4,7,9-11,15-16,24,36H,5-6,8,12-14,17,30H2,1-2H3,(H,32,37)(H,35,38)(H,39,40)(H,31,33,34);1H/t28-;24-;/m00./s1. The fraction of sp³-hybridized carbons (Fsp3) is 0.391. The first kappa shape index (κ1) is 73.6. The number of amides is 5. The van der Waals surface area contributed by atoms with Crippen LogP contribution in [0.15, 0.2) is 97.1 Å². The number of carboxylic acids is 1. The van der Waals surface area contributed by atoms with E-state index in [1.165, 1.54) is 7.11 Å². The number of anilines is 2. The molecule has 0 unspecified atom stereocenters. The predicted octanol–water partition coefficient (Wildman–Crippen LogP) is 6.44. The maximum absolute atomic E-state index is 13.3. The van der Waals surface area contributed by atoms with Crippen molar-refractivity contribution >= 4 is 66.0 Å². The van der Waals surface area contributed by atoms with Crippen LogP contribution >= 0.6 is 12.4 Å². The minimum absolute atomic E-state index is 0. The third-order valence-electron chi connectivity index (χ3n) is 13.1. The molecular weight excluding hydrogens is 1200 g/mol.